The number of ketones is 2. The molecule has 0 radical (unpaired) electrons. The second kappa shape index (κ2) is 15.5. The average Bonchev–Trinajstić information content (AvgIpc) is 3.24. The minimum atomic E-state index is 0.0988. The zero-order chi connectivity index (χ0) is 25.6. The van der Waals surface area contributed by atoms with E-state index < -0.39 is 0 Å². The zero-order valence-electron chi connectivity index (χ0n) is 20.9. The summed E-state index contributed by atoms with van der Waals surface area (Å²) in [4.78, 5) is 23.9. The molecule has 0 aliphatic carbocycles. The molecule has 0 bridgehead atoms. The molecular weight excluding hydrogens is 480 g/mol. The van der Waals surface area contributed by atoms with E-state index in [1.807, 2.05) is 25.1 Å². The van der Waals surface area contributed by atoms with Gasteiger partial charge in [0, 0.05) is 12.8 Å². The van der Waals surface area contributed by atoms with Gasteiger partial charge in [-0.3, -0.25) is 0 Å². The van der Waals surface area contributed by atoms with Crippen molar-refractivity contribution in [2.75, 3.05) is 13.2 Å². The molecule has 1 aromatic carbocycles. The molecule has 1 heterocycles. The predicted molar refractivity (Wildman–Crippen MR) is 140 cm³/mol. The second-order valence-electron chi connectivity index (χ2n) is 8.70. The lowest BCUT2D eigenvalue weighted by atomic mass is 10.1. The number of benzene rings is 1. The molecule has 0 N–H and O–H groups in total. The molecule has 0 saturated heterocycles. The molecule has 188 valence electrons. The van der Waals surface area contributed by atoms with Gasteiger partial charge in [-0.1, -0.05) is 49.2 Å². The number of carbonyl (C=O) groups is 2. The number of hydrogen-bond donors (Lipinski definition) is 0. The highest BCUT2D eigenvalue weighted by molar-refractivity contribution is 8.24. The molecule has 35 heavy (non-hydrogen) atoms. The molecule has 0 aromatic heterocycles. The van der Waals surface area contributed by atoms with Gasteiger partial charge in [0.25, 0.3) is 0 Å². The van der Waals surface area contributed by atoms with Crippen molar-refractivity contribution in [2.45, 2.75) is 94.8 Å². The fourth-order valence-electron chi connectivity index (χ4n) is 3.64. The Bertz CT molecular complexity index is 1010. The van der Waals surface area contributed by atoms with Gasteiger partial charge in [0.15, 0.2) is 0 Å². The SMILES string of the molecule is CC(=O)CCCCCCOc1cc(C)c(OCCCCCCC(C)=O)c2c1SC(=C(C#N)C#N)S2. The first kappa shape index (κ1) is 28.8. The number of unbranched alkanes of at least 4 members (excludes halogenated alkanes) is 6. The molecule has 6 nitrogen and oxygen atoms in total. The first-order valence-electron chi connectivity index (χ1n) is 12.2. The quantitative estimate of drug-likeness (QED) is 0.167. The third-order valence-electron chi connectivity index (χ3n) is 5.51. The van der Waals surface area contributed by atoms with E-state index >= 15 is 0 Å². The van der Waals surface area contributed by atoms with Gasteiger partial charge in [-0.25, -0.2) is 0 Å². The van der Waals surface area contributed by atoms with E-state index in [9.17, 15) is 20.1 Å². The molecule has 0 fully saturated rings. The number of thioether (sulfide) groups is 2. The van der Waals surface area contributed by atoms with Crippen LogP contribution in [0.1, 0.15) is 83.6 Å². The van der Waals surface area contributed by atoms with Crippen LogP contribution in [-0.4, -0.2) is 24.8 Å². The van der Waals surface area contributed by atoms with Crippen molar-refractivity contribution in [3.05, 3.63) is 21.4 Å². The molecule has 8 heteroatoms. The van der Waals surface area contributed by atoms with Gasteiger partial charge in [0.1, 0.15) is 40.8 Å². The Morgan fingerprint density at radius 2 is 1.31 bits per heavy atom. The number of nitrogens with zero attached hydrogens (tertiary/aromatic N) is 2. The molecule has 0 saturated carbocycles. The Kier molecular flexibility index (Phi) is 12.8. The van der Waals surface area contributed by atoms with Crippen molar-refractivity contribution in [1.29, 1.82) is 10.5 Å². The maximum absolute atomic E-state index is 11.1. The van der Waals surface area contributed by atoms with Crippen LogP contribution >= 0.6 is 23.5 Å². The number of ether oxygens (including phenoxy) is 2. The number of rotatable bonds is 16. The Labute approximate surface area is 217 Å². The molecule has 0 amide bonds. The number of allylic oxidation sites excluding steroid dienone is 1. The summed E-state index contributed by atoms with van der Waals surface area (Å²) in [7, 11) is 0. The molecule has 1 aliphatic rings. The number of nitriles is 2. The monoisotopic (exact) mass is 514 g/mol. The van der Waals surface area contributed by atoms with E-state index in [0.717, 1.165) is 78.2 Å². The lowest BCUT2D eigenvalue weighted by Crippen LogP contribution is -2.03. The van der Waals surface area contributed by atoms with E-state index in [-0.39, 0.29) is 17.1 Å². The van der Waals surface area contributed by atoms with Crippen LogP contribution in [0.3, 0.4) is 0 Å². The fraction of sp³-hybridized carbons (Fsp3) is 0.556. The normalized spacial score (nSPS) is 12.0. The summed E-state index contributed by atoms with van der Waals surface area (Å²) in [6.07, 6.45) is 8.92. The Hall–Kier alpha value is -2.42. The summed E-state index contributed by atoms with van der Waals surface area (Å²) in [5, 5.41) is 18.7. The highest BCUT2D eigenvalue weighted by atomic mass is 32.2. The number of aryl methyl sites for hydroxylation is 1. The van der Waals surface area contributed by atoms with Crippen molar-refractivity contribution in [3.63, 3.8) is 0 Å². The van der Waals surface area contributed by atoms with Crippen LogP contribution < -0.4 is 9.47 Å². The van der Waals surface area contributed by atoms with Gasteiger partial charge in [0.05, 0.1) is 27.2 Å². The predicted octanol–water partition coefficient (Wildman–Crippen LogP) is 7.29. The maximum atomic E-state index is 11.1. The number of fused-ring (bicyclic) bond motifs is 1. The topological polar surface area (TPSA) is 100 Å². The van der Waals surface area contributed by atoms with E-state index in [1.54, 1.807) is 13.8 Å². The van der Waals surface area contributed by atoms with Crippen molar-refractivity contribution in [2.24, 2.45) is 0 Å². The van der Waals surface area contributed by atoms with Crippen LogP contribution in [0.2, 0.25) is 0 Å². The largest absolute Gasteiger partial charge is 0.492 e. The maximum Gasteiger partial charge on any atom is 0.150 e. The Morgan fingerprint density at radius 1 is 0.800 bits per heavy atom. The zero-order valence-corrected chi connectivity index (χ0v) is 22.5. The minimum Gasteiger partial charge on any atom is -0.492 e. The highest BCUT2D eigenvalue weighted by Crippen LogP contribution is 2.59. The van der Waals surface area contributed by atoms with Crippen LogP contribution in [-0.2, 0) is 9.59 Å². The number of Topliss-reactive ketones (excluding diaryl/α,β-unsaturated/α-hetero) is 2. The summed E-state index contributed by atoms with van der Waals surface area (Å²) >= 11 is 2.79. The van der Waals surface area contributed by atoms with Gasteiger partial charge in [-0.15, -0.1) is 0 Å². The summed E-state index contributed by atoms with van der Waals surface area (Å²) in [5.41, 5.74) is 1.06. The number of carbonyl (C=O) groups excluding carboxylic acids is 2. The smallest absolute Gasteiger partial charge is 0.150 e. The summed E-state index contributed by atoms with van der Waals surface area (Å²) < 4.78 is 13.0. The Morgan fingerprint density at radius 3 is 1.86 bits per heavy atom. The Balaban J connectivity index is 2.03. The summed E-state index contributed by atoms with van der Waals surface area (Å²) in [5.74, 6) is 1.99. The van der Waals surface area contributed by atoms with Crippen LogP contribution in [0.15, 0.2) is 25.7 Å². The lowest BCUT2D eigenvalue weighted by Gasteiger charge is -2.16. The van der Waals surface area contributed by atoms with Crippen LogP contribution in [0, 0.1) is 29.6 Å². The van der Waals surface area contributed by atoms with Gasteiger partial charge in [-0.2, -0.15) is 10.5 Å². The molecule has 0 spiro atoms. The van der Waals surface area contributed by atoms with E-state index in [4.69, 9.17) is 9.47 Å². The summed E-state index contributed by atoms with van der Waals surface area (Å²) in [6, 6.07) is 5.96. The van der Waals surface area contributed by atoms with Crippen molar-refractivity contribution in [3.8, 4) is 23.6 Å². The molecule has 2 rings (SSSR count). The standard InChI is InChI=1S/C27H34N2O4S2/c1-19-16-23(32-14-10-6-4-8-12-20(2)30)25-26(35-27(34-25)22(17-28)18-29)24(19)33-15-11-7-5-9-13-21(3)31/h16H,4-15H2,1-3H3. The lowest BCUT2D eigenvalue weighted by molar-refractivity contribution is -0.117. The van der Waals surface area contributed by atoms with Gasteiger partial charge in [0.2, 0.25) is 0 Å². The molecule has 0 unspecified atom stereocenters. The third kappa shape index (κ3) is 9.63. The van der Waals surface area contributed by atoms with Gasteiger partial charge < -0.3 is 19.1 Å². The van der Waals surface area contributed by atoms with Gasteiger partial charge >= 0.3 is 0 Å². The van der Waals surface area contributed by atoms with E-state index in [2.05, 4.69) is 0 Å². The fourth-order valence-corrected chi connectivity index (χ4v) is 6.22. The molecule has 0 atom stereocenters. The average molecular weight is 515 g/mol. The van der Waals surface area contributed by atoms with Crippen molar-refractivity contribution in [1.82, 2.24) is 0 Å². The molecular formula is C27H34N2O4S2. The second-order valence-corrected chi connectivity index (χ2v) is 11.0. The van der Waals surface area contributed by atoms with E-state index in [0.29, 0.717) is 30.3 Å². The van der Waals surface area contributed by atoms with Crippen LogP contribution in [0.4, 0.5) is 0 Å². The van der Waals surface area contributed by atoms with Crippen LogP contribution in [0.25, 0.3) is 0 Å². The highest BCUT2D eigenvalue weighted by Gasteiger charge is 2.30. The summed E-state index contributed by atoms with van der Waals surface area (Å²) in [6.45, 7) is 6.37. The first-order valence-corrected chi connectivity index (χ1v) is 13.8. The van der Waals surface area contributed by atoms with Crippen LogP contribution in [0.5, 0.6) is 11.5 Å². The van der Waals surface area contributed by atoms with Crippen molar-refractivity contribution < 1.29 is 19.1 Å². The van der Waals surface area contributed by atoms with Gasteiger partial charge in [-0.05, 0) is 58.1 Å². The molecule has 1 aliphatic heterocycles. The number of hydrogen-bond acceptors (Lipinski definition) is 8. The third-order valence-corrected chi connectivity index (χ3v) is 8.12. The first-order chi connectivity index (χ1) is 16.9. The molecule has 1 aromatic rings. The minimum absolute atomic E-state index is 0.0988. The van der Waals surface area contributed by atoms with E-state index in [1.165, 1.54) is 23.5 Å². The van der Waals surface area contributed by atoms with Crippen molar-refractivity contribution >= 4 is 35.1 Å².